The highest BCUT2D eigenvalue weighted by atomic mass is 19.1. The summed E-state index contributed by atoms with van der Waals surface area (Å²) >= 11 is 0. The molecule has 0 bridgehead atoms. The Kier molecular flexibility index (Phi) is 1.93. The van der Waals surface area contributed by atoms with Crippen molar-refractivity contribution < 1.29 is 14.3 Å². The molecule has 0 spiro atoms. The van der Waals surface area contributed by atoms with Gasteiger partial charge in [-0.25, -0.2) is 9.18 Å². The van der Waals surface area contributed by atoms with Crippen molar-refractivity contribution in [1.29, 1.82) is 0 Å². The zero-order chi connectivity index (χ0) is 10.1. The predicted octanol–water partition coefficient (Wildman–Crippen LogP) is 2.68. The lowest BCUT2D eigenvalue weighted by molar-refractivity contribution is 0.0699. The number of carboxylic acids is 1. The van der Waals surface area contributed by atoms with Crippen LogP contribution in [0.2, 0.25) is 0 Å². The van der Waals surface area contributed by atoms with Crippen molar-refractivity contribution in [1.82, 2.24) is 0 Å². The molecule has 0 aliphatic carbocycles. The highest BCUT2D eigenvalue weighted by Crippen LogP contribution is 2.19. The molecule has 2 rings (SSSR count). The van der Waals surface area contributed by atoms with Crippen molar-refractivity contribution in [2.45, 2.75) is 0 Å². The molecule has 2 aromatic carbocycles. The highest BCUT2D eigenvalue weighted by Gasteiger charge is 2.07. The molecular formula is C11H7FO2. The second-order valence-corrected chi connectivity index (χ2v) is 2.98. The zero-order valence-corrected chi connectivity index (χ0v) is 7.20. The van der Waals surface area contributed by atoms with E-state index in [1.54, 1.807) is 12.1 Å². The standard InChI is InChI=1S/C11H7FO2/c12-8-4-5-9-7(6-8)2-1-3-10(9)11(13)14/h1-6H,(H,13,14). The Morgan fingerprint density at radius 2 is 2.00 bits per heavy atom. The van der Waals surface area contributed by atoms with Crippen molar-refractivity contribution in [3.05, 3.63) is 47.8 Å². The normalized spacial score (nSPS) is 10.4. The van der Waals surface area contributed by atoms with Gasteiger partial charge in [0.05, 0.1) is 5.56 Å². The second kappa shape index (κ2) is 3.10. The fourth-order valence-corrected chi connectivity index (χ4v) is 1.44. The number of benzene rings is 2. The molecule has 14 heavy (non-hydrogen) atoms. The lowest BCUT2D eigenvalue weighted by Gasteiger charge is -2.01. The fourth-order valence-electron chi connectivity index (χ4n) is 1.44. The number of hydrogen-bond acceptors (Lipinski definition) is 1. The third-order valence-corrected chi connectivity index (χ3v) is 2.07. The van der Waals surface area contributed by atoms with Crippen LogP contribution in [0.25, 0.3) is 10.8 Å². The summed E-state index contributed by atoms with van der Waals surface area (Å²) in [6, 6.07) is 8.85. The van der Waals surface area contributed by atoms with E-state index in [9.17, 15) is 9.18 Å². The first-order chi connectivity index (χ1) is 6.68. The molecular weight excluding hydrogens is 183 g/mol. The highest BCUT2D eigenvalue weighted by molar-refractivity contribution is 6.03. The lowest BCUT2D eigenvalue weighted by Crippen LogP contribution is -1.96. The first-order valence-corrected chi connectivity index (χ1v) is 4.10. The summed E-state index contributed by atoms with van der Waals surface area (Å²) in [5.74, 6) is -1.36. The van der Waals surface area contributed by atoms with Gasteiger partial charge in [-0.1, -0.05) is 18.2 Å². The van der Waals surface area contributed by atoms with Crippen LogP contribution < -0.4 is 0 Å². The van der Waals surface area contributed by atoms with Gasteiger partial charge < -0.3 is 5.11 Å². The van der Waals surface area contributed by atoms with Crippen LogP contribution in [0, 0.1) is 5.82 Å². The average Bonchev–Trinajstić information content (AvgIpc) is 2.16. The fraction of sp³-hybridized carbons (Fsp3) is 0. The van der Waals surface area contributed by atoms with Gasteiger partial charge in [0.15, 0.2) is 0 Å². The molecule has 0 radical (unpaired) electrons. The van der Waals surface area contributed by atoms with Crippen molar-refractivity contribution in [3.8, 4) is 0 Å². The molecule has 0 atom stereocenters. The largest absolute Gasteiger partial charge is 0.478 e. The van der Waals surface area contributed by atoms with E-state index in [0.717, 1.165) is 0 Å². The maximum absolute atomic E-state index is 12.8. The van der Waals surface area contributed by atoms with Crippen LogP contribution in [0.5, 0.6) is 0 Å². The Labute approximate surface area is 79.6 Å². The average molecular weight is 190 g/mol. The SMILES string of the molecule is O=C(O)c1cccc2cc(F)ccc12. The Balaban J connectivity index is 2.81. The first-order valence-electron chi connectivity index (χ1n) is 4.10. The van der Waals surface area contributed by atoms with E-state index in [-0.39, 0.29) is 11.4 Å². The van der Waals surface area contributed by atoms with Gasteiger partial charge in [-0.2, -0.15) is 0 Å². The van der Waals surface area contributed by atoms with E-state index in [4.69, 9.17) is 5.11 Å². The molecule has 0 heterocycles. The van der Waals surface area contributed by atoms with Crippen molar-refractivity contribution in [2.24, 2.45) is 0 Å². The molecule has 0 saturated heterocycles. The smallest absolute Gasteiger partial charge is 0.336 e. The minimum Gasteiger partial charge on any atom is -0.478 e. The van der Waals surface area contributed by atoms with Crippen LogP contribution >= 0.6 is 0 Å². The maximum atomic E-state index is 12.8. The number of fused-ring (bicyclic) bond motifs is 1. The topological polar surface area (TPSA) is 37.3 Å². The number of aromatic carboxylic acids is 1. The molecule has 0 saturated carbocycles. The summed E-state index contributed by atoms with van der Waals surface area (Å²) in [5.41, 5.74) is 0.197. The minimum absolute atomic E-state index is 0.197. The van der Waals surface area contributed by atoms with E-state index in [1.807, 2.05) is 0 Å². The van der Waals surface area contributed by atoms with Gasteiger partial charge in [0, 0.05) is 0 Å². The number of carbonyl (C=O) groups is 1. The lowest BCUT2D eigenvalue weighted by atomic mass is 10.0. The van der Waals surface area contributed by atoms with Gasteiger partial charge in [-0.05, 0) is 29.0 Å². The van der Waals surface area contributed by atoms with Gasteiger partial charge in [-0.3, -0.25) is 0 Å². The molecule has 0 aliphatic heterocycles. The Morgan fingerprint density at radius 1 is 1.21 bits per heavy atom. The van der Waals surface area contributed by atoms with E-state index >= 15 is 0 Å². The van der Waals surface area contributed by atoms with Crippen LogP contribution in [-0.4, -0.2) is 11.1 Å². The molecule has 70 valence electrons. The summed E-state index contributed by atoms with van der Waals surface area (Å²) in [4.78, 5) is 10.8. The van der Waals surface area contributed by atoms with Crippen LogP contribution in [0.15, 0.2) is 36.4 Å². The van der Waals surface area contributed by atoms with E-state index in [2.05, 4.69) is 0 Å². The molecule has 2 nitrogen and oxygen atoms in total. The number of rotatable bonds is 1. The van der Waals surface area contributed by atoms with Crippen molar-refractivity contribution >= 4 is 16.7 Å². The van der Waals surface area contributed by atoms with Crippen LogP contribution in [0.4, 0.5) is 4.39 Å². The Hall–Kier alpha value is -1.90. The van der Waals surface area contributed by atoms with Gasteiger partial charge in [0.1, 0.15) is 5.82 Å². The molecule has 0 aliphatic rings. The Morgan fingerprint density at radius 3 is 2.71 bits per heavy atom. The maximum Gasteiger partial charge on any atom is 0.336 e. The quantitative estimate of drug-likeness (QED) is 0.750. The van der Waals surface area contributed by atoms with Gasteiger partial charge in [0.2, 0.25) is 0 Å². The van der Waals surface area contributed by atoms with Crippen LogP contribution in [0.3, 0.4) is 0 Å². The first kappa shape index (κ1) is 8.69. The van der Waals surface area contributed by atoms with Gasteiger partial charge in [0.25, 0.3) is 0 Å². The monoisotopic (exact) mass is 190 g/mol. The molecule has 0 fully saturated rings. The Bertz CT molecular complexity index is 506. The number of halogens is 1. The molecule has 1 N–H and O–H groups in total. The summed E-state index contributed by atoms with van der Waals surface area (Å²) in [6.07, 6.45) is 0. The molecule has 0 amide bonds. The summed E-state index contributed by atoms with van der Waals surface area (Å²) < 4.78 is 12.8. The van der Waals surface area contributed by atoms with E-state index in [1.165, 1.54) is 24.3 Å². The minimum atomic E-state index is -0.998. The zero-order valence-electron chi connectivity index (χ0n) is 7.20. The molecule has 0 unspecified atom stereocenters. The van der Waals surface area contributed by atoms with Crippen molar-refractivity contribution in [3.63, 3.8) is 0 Å². The predicted molar refractivity (Wildman–Crippen MR) is 50.9 cm³/mol. The van der Waals surface area contributed by atoms with E-state index in [0.29, 0.717) is 10.8 Å². The summed E-state index contributed by atoms with van der Waals surface area (Å²) in [7, 11) is 0. The van der Waals surface area contributed by atoms with Gasteiger partial charge >= 0.3 is 5.97 Å². The third-order valence-electron chi connectivity index (χ3n) is 2.07. The molecule has 3 heteroatoms. The summed E-state index contributed by atoms with van der Waals surface area (Å²) in [6.45, 7) is 0. The molecule has 2 aromatic rings. The second-order valence-electron chi connectivity index (χ2n) is 2.98. The number of carboxylic acid groups (broad SMARTS) is 1. The van der Waals surface area contributed by atoms with Crippen molar-refractivity contribution in [2.75, 3.05) is 0 Å². The van der Waals surface area contributed by atoms with Gasteiger partial charge in [-0.15, -0.1) is 0 Å². The molecule has 0 aromatic heterocycles. The number of hydrogen-bond donors (Lipinski definition) is 1. The summed E-state index contributed by atoms with van der Waals surface area (Å²) in [5, 5.41) is 10.0. The van der Waals surface area contributed by atoms with E-state index < -0.39 is 5.97 Å². The van der Waals surface area contributed by atoms with Crippen LogP contribution in [0.1, 0.15) is 10.4 Å². The third kappa shape index (κ3) is 1.33. The van der Waals surface area contributed by atoms with Crippen LogP contribution in [-0.2, 0) is 0 Å².